The molecule has 6 heteroatoms. The van der Waals surface area contributed by atoms with Crippen molar-refractivity contribution in [3.63, 3.8) is 0 Å². The molecule has 134 valence electrons. The molecule has 0 unspecified atom stereocenters. The molecule has 0 atom stereocenters. The minimum absolute atomic E-state index is 0.223. The number of hydrogen-bond donors (Lipinski definition) is 0. The maximum absolute atomic E-state index is 13.4. The molecule has 6 rings (SSSR count). The summed E-state index contributed by atoms with van der Waals surface area (Å²) in [6.07, 6.45) is 0. The largest absolute Gasteiger partial charge is 0.456 e. The zero-order chi connectivity index (χ0) is 18.4. The van der Waals surface area contributed by atoms with Crippen LogP contribution in [-0.2, 0) is 20.2 Å². The Morgan fingerprint density at radius 2 is 1.22 bits per heavy atom. The Labute approximate surface area is 156 Å². The van der Waals surface area contributed by atoms with Gasteiger partial charge in [-0.25, -0.2) is 8.42 Å². The highest BCUT2D eigenvalue weighted by atomic mass is 32.2. The molecule has 0 saturated heterocycles. The molecule has 3 aliphatic heterocycles. The third-order valence-electron chi connectivity index (χ3n) is 5.40. The lowest BCUT2D eigenvalue weighted by atomic mass is 9.75. The van der Waals surface area contributed by atoms with Crippen LogP contribution in [0.2, 0.25) is 0 Å². The summed E-state index contributed by atoms with van der Waals surface area (Å²) in [4.78, 5) is 0.445. The third kappa shape index (κ3) is 1.58. The van der Waals surface area contributed by atoms with E-state index in [0.717, 1.165) is 5.56 Å². The summed E-state index contributed by atoms with van der Waals surface area (Å²) in [6, 6.07) is 15.8. The van der Waals surface area contributed by atoms with Crippen LogP contribution in [-0.4, -0.2) is 15.0 Å². The van der Waals surface area contributed by atoms with Gasteiger partial charge >= 0.3 is 0 Å². The van der Waals surface area contributed by atoms with Crippen molar-refractivity contribution in [3.8, 4) is 23.0 Å². The summed E-state index contributed by atoms with van der Waals surface area (Å²) in [5, 5.41) is 0. The Bertz CT molecular complexity index is 1180. The number of hydrogen-bond acceptors (Lipinski definition) is 5. The van der Waals surface area contributed by atoms with Crippen molar-refractivity contribution < 1.29 is 22.6 Å². The Balaban J connectivity index is 1.91. The van der Waals surface area contributed by atoms with Crippen LogP contribution in [0.1, 0.15) is 23.6 Å². The monoisotopic (exact) mass is 378 g/mol. The molecule has 0 radical (unpaired) electrons. The van der Waals surface area contributed by atoms with Gasteiger partial charge in [0, 0.05) is 6.61 Å². The summed E-state index contributed by atoms with van der Waals surface area (Å²) in [5.41, 5.74) is 0.729. The Morgan fingerprint density at radius 1 is 0.778 bits per heavy atom. The van der Waals surface area contributed by atoms with Crippen molar-refractivity contribution in [1.82, 2.24) is 0 Å². The van der Waals surface area contributed by atoms with Gasteiger partial charge in [-0.1, -0.05) is 18.2 Å². The molecule has 0 aliphatic carbocycles. The van der Waals surface area contributed by atoms with Crippen molar-refractivity contribution in [2.75, 3.05) is 6.61 Å². The van der Waals surface area contributed by atoms with Gasteiger partial charge in [-0.15, -0.1) is 0 Å². The molecular formula is C21H14O5S. The van der Waals surface area contributed by atoms with E-state index in [1.54, 1.807) is 36.4 Å². The third-order valence-corrected chi connectivity index (χ3v) is 7.24. The zero-order valence-corrected chi connectivity index (χ0v) is 15.2. The first-order chi connectivity index (χ1) is 13.1. The van der Waals surface area contributed by atoms with Crippen LogP contribution < -0.4 is 9.47 Å². The van der Waals surface area contributed by atoms with Crippen LogP contribution >= 0.6 is 0 Å². The van der Waals surface area contributed by atoms with Crippen LogP contribution in [0.4, 0.5) is 0 Å². The molecule has 0 spiro atoms. The van der Waals surface area contributed by atoms with Crippen LogP contribution in [0.25, 0.3) is 0 Å². The van der Waals surface area contributed by atoms with E-state index in [2.05, 4.69) is 0 Å². The maximum atomic E-state index is 13.4. The second-order valence-electron chi connectivity index (χ2n) is 6.71. The minimum atomic E-state index is -3.73. The summed E-state index contributed by atoms with van der Waals surface area (Å²) < 4.78 is 45.4. The smallest absolute Gasteiger partial charge is 0.207 e. The summed E-state index contributed by atoms with van der Waals surface area (Å²) >= 11 is 0. The van der Waals surface area contributed by atoms with Gasteiger partial charge in [0.15, 0.2) is 5.60 Å². The standard InChI is InChI=1S/C21H14O5S/c1-2-24-21-18-12-6-3-7-13(18)26-15-9-5-11-17(20(15)21)27(22,23)16-10-4-8-14(25-12)19(16)21/h3-11H,2H2,1H3. The van der Waals surface area contributed by atoms with Gasteiger partial charge in [-0.3, -0.25) is 0 Å². The van der Waals surface area contributed by atoms with Crippen molar-refractivity contribution >= 4 is 9.84 Å². The molecule has 0 N–H and O–H groups in total. The van der Waals surface area contributed by atoms with Crippen LogP contribution in [0.15, 0.2) is 64.4 Å². The topological polar surface area (TPSA) is 61.8 Å². The van der Waals surface area contributed by atoms with E-state index < -0.39 is 15.4 Å². The Kier molecular flexibility index (Phi) is 2.66. The molecule has 3 aliphatic rings. The van der Waals surface area contributed by atoms with E-state index in [4.69, 9.17) is 14.2 Å². The van der Waals surface area contributed by atoms with Gasteiger partial charge in [0.1, 0.15) is 23.0 Å². The van der Waals surface area contributed by atoms with Gasteiger partial charge < -0.3 is 14.2 Å². The number of benzene rings is 3. The summed E-state index contributed by atoms with van der Waals surface area (Å²) in [5.74, 6) is 2.23. The normalized spacial score (nSPS) is 18.1. The number of sulfone groups is 1. The van der Waals surface area contributed by atoms with Crippen LogP contribution in [0.5, 0.6) is 23.0 Å². The molecule has 0 saturated carbocycles. The Morgan fingerprint density at radius 3 is 1.70 bits per heavy atom. The van der Waals surface area contributed by atoms with Gasteiger partial charge in [0.25, 0.3) is 0 Å². The molecular weight excluding hydrogens is 364 g/mol. The van der Waals surface area contributed by atoms with Gasteiger partial charge in [0.2, 0.25) is 9.84 Å². The number of ether oxygens (including phenoxy) is 3. The van der Waals surface area contributed by atoms with Crippen molar-refractivity contribution in [2.24, 2.45) is 0 Å². The fourth-order valence-corrected chi connectivity index (χ4v) is 6.30. The van der Waals surface area contributed by atoms with Crippen LogP contribution in [0.3, 0.4) is 0 Å². The van der Waals surface area contributed by atoms with E-state index in [0.29, 0.717) is 40.7 Å². The predicted octanol–water partition coefficient (Wildman–Crippen LogP) is 4.37. The first-order valence-corrected chi connectivity index (χ1v) is 10.2. The maximum Gasteiger partial charge on any atom is 0.207 e. The SMILES string of the molecule is CCOC12c3c4cccc3Oc3cccc(c31)S(=O)(=O)c1cccc(c12)O4. The average molecular weight is 378 g/mol. The lowest BCUT2D eigenvalue weighted by Gasteiger charge is -2.47. The highest BCUT2D eigenvalue weighted by Crippen LogP contribution is 2.65. The molecule has 0 amide bonds. The molecule has 3 aromatic carbocycles. The second-order valence-corrected chi connectivity index (χ2v) is 8.60. The van der Waals surface area contributed by atoms with Crippen molar-refractivity contribution in [3.05, 3.63) is 71.3 Å². The molecule has 0 aromatic heterocycles. The Hall–Kier alpha value is -2.83. The highest BCUT2D eigenvalue weighted by Gasteiger charge is 2.58. The lowest BCUT2D eigenvalue weighted by Crippen LogP contribution is -2.43. The van der Waals surface area contributed by atoms with Crippen molar-refractivity contribution in [1.29, 1.82) is 0 Å². The van der Waals surface area contributed by atoms with Gasteiger partial charge in [-0.2, -0.15) is 0 Å². The van der Waals surface area contributed by atoms with E-state index in [-0.39, 0.29) is 9.79 Å². The highest BCUT2D eigenvalue weighted by molar-refractivity contribution is 7.91. The molecule has 3 heterocycles. The average Bonchev–Trinajstić information content (AvgIpc) is 2.66. The fourth-order valence-electron chi connectivity index (χ4n) is 4.53. The first-order valence-electron chi connectivity index (χ1n) is 8.74. The van der Waals surface area contributed by atoms with E-state index >= 15 is 0 Å². The molecule has 27 heavy (non-hydrogen) atoms. The lowest BCUT2D eigenvalue weighted by molar-refractivity contribution is 0.00217. The van der Waals surface area contributed by atoms with Gasteiger partial charge in [-0.05, 0) is 43.3 Å². The minimum Gasteiger partial charge on any atom is -0.456 e. The van der Waals surface area contributed by atoms with Crippen molar-refractivity contribution in [2.45, 2.75) is 22.3 Å². The molecule has 3 aromatic rings. The zero-order valence-electron chi connectivity index (χ0n) is 14.4. The van der Waals surface area contributed by atoms with Crippen LogP contribution in [0, 0.1) is 0 Å². The second kappa shape index (κ2) is 4.71. The fraction of sp³-hybridized carbons (Fsp3) is 0.143. The summed E-state index contributed by atoms with van der Waals surface area (Å²) in [7, 11) is -3.73. The number of rotatable bonds is 2. The first kappa shape index (κ1) is 15.2. The van der Waals surface area contributed by atoms with E-state index in [1.165, 1.54) is 0 Å². The molecule has 5 nitrogen and oxygen atoms in total. The molecule has 0 fully saturated rings. The molecule has 0 bridgehead atoms. The quantitative estimate of drug-likeness (QED) is 0.518. The van der Waals surface area contributed by atoms with Gasteiger partial charge in [0.05, 0.1) is 26.5 Å². The summed E-state index contributed by atoms with van der Waals surface area (Å²) in [6.45, 7) is 2.30. The van der Waals surface area contributed by atoms with E-state index in [9.17, 15) is 8.42 Å². The predicted molar refractivity (Wildman–Crippen MR) is 96.4 cm³/mol. The van der Waals surface area contributed by atoms with E-state index in [1.807, 2.05) is 25.1 Å².